The van der Waals surface area contributed by atoms with Gasteiger partial charge in [-0.25, -0.2) is 0 Å². The molecule has 0 bridgehead atoms. The van der Waals surface area contributed by atoms with Crippen LogP contribution in [0.15, 0.2) is 18.2 Å². The van der Waals surface area contributed by atoms with E-state index in [0.717, 1.165) is 6.42 Å². The molecule has 5 heteroatoms. The van der Waals surface area contributed by atoms with Gasteiger partial charge in [0.05, 0.1) is 18.8 Å². The van der Waals surface area contributed by atoms with Crippen molar-refractivity contribution < 1.29 is 14.3 Å². The maximum Gasteiger partial charge on any atom is 0.226 e. The molecule has 20 heavy (non-hydrogen) atoms. The number of hydrogen-bond donors (Lipinski definition) is 1. The van der Waals surface area contributed by atoms with Crippen molar-refractivity contribution in [3.8, 4) is 5.75 Å². The van der Waals surface area contributed by atoms with Gasteiger partial charge in [-0.2, -0.15) is 0 Å². The Bertz CT molecular complexity index is 528. The Kier molecular flexibility index (Phi) is 4.39. The molecule has 0 fully saturated rings. The maximum absolute atomic E-state index is 12.1. The fourth-order valence-electron chi connectivity index (χ4n) is 2.28. The number of Topliss-reactive ketones (excluding diaryl/α,β-unsaturated/α-hetero) is 1. The van der Waals surface area contributed by atoms with Gasteiger partial charge in [-0.05, 0) is 24.6 Å². The molecule has 1 aromatic rings. The SMILES string of the molecule is CCC(=O)N1CC(CC)Oc2ccc(C(=O)CN)cc21. The van der Waals surface area contributed by atoms with Gasteiger partial charge in [-0.3, -0.25) is 9.59 Å². The van der Waals surface area contributed by atoms with Crippen molar-refractivity contribution in [2.45, 2.75) is 32.8 Å². The Morgan fingerprint density at radius 1 is 1.40 bits per heavy atom. The molecule has 1 unspecified atom stereocenters. The number of anilines is 1. The highest BCUT2D eigenvalue weighted by Gasteiger charge is 2.28. The lowest BCUT2D eigenvalue weighted by Gasteiger charge is -2.34. The van der Waals surface area contributed by atoms with E-state index >= 15 is 0 Å². The van der Waals surface area contributed by atoms with Gasteiger partial charge in [-0.1, -0.05) is 13.8 Å². The van der Waals surface area contributed by atoms with Gasteiger partial charge < -0.3 is 15.4 Å². The third kappa shape index (κ3) is 2.67. The zero-order chi connectivity index (χ0) is 14.7. The van der Waals surface area contributed by atoms with E-state index in [1.165, 1.54) is 0 Å². The highest BCUT2D eigenvalue weighted by Crippen LogP contribution is 2.35. The number of carbonyl (C=O) groups is 2. The predicted molar refractivity (Wildman–Crippen MR) is 77.2 cm³/mol. The van der Waals surface area contributed by atoms with E-state index in [2.05, 4.69) is 0 Å². The van der Waals surface area contributed by atoms with Crippen LogP contribution in [0.4, 0.5) is 5.69 Å². The summed E-state index contributed by atoms with van der Waals surface area (Å²) in [6.07, 6.45) is 1.25. The van der Waals surface area contributed by atoms with Crippen molar-refractivity contribution in [3.63, 3.8) is 0 Å². The summed E-state index contributed by atoms with van der Waals surface area (Å²) in [7, 11) is 0. The molecule has 0 saturated carbocycles. The number of ketones is 1. The fraction of sp³-hybridized carbons (Fsp3) is 0.467. The second kappa shape index (κ2) is 6.05. The highest BCUT2D eigenvalue weighted by atomic mass is 16.5. The van der Waals surface area contributed by atoms with E-state index in [-0.39, 0.29) is 24.3 Å². The summed E-state index contributed by atoms with van der Waals surface area (Å²) in [6.45, 7) is 4.33. The monoisotopic (exact) mass is 276 g/mol. The number of rotatable bonds is 4. The first-order valence-corrected chi connectivity index (χ1v) is 6.95. The summed E-state index contributed by atoms with van der Waals surface area (Å²) >= 11 is 0. The number of nitrogens with zero attached hydrogens (tertiary/aromatic N) is 1. The van der Waals surface area contributed by atoms with Crippen molar-refractivity contribution >= 4 is 17.4 Å². The smallest absolute Gasteiger partial charge is 0.226 e. The molecule has 0 aliphatic carbocycles. The van der Waals surface area contributed by atoms with E-state index in [9.17, 15) is 9.59 Å². The molecule has 0 radical (unpaired) electrons. The molecule has 0 aromatic heterocycles. The molecular weight excluding hydrogens is 256 g/mol. The third-order valence-electron chi connectivity index (χ3n) is 3.50. The molecule has 1 atom stereocenters. The lowest BCUT2D eigenvalue weighted by molar-refractivity contribution is -0.118. The molecule has 0 spiro atoms. The molecule has 1 aliphatic heterocycles. The lowest BCUT2D eigenvalue weighted by Crippen LogP contribution is -2.43. The van der Waals surface area contributed by atoms with Crippen molar-refractivity contribution in [2.75, 3.05) is 18.0 Å². The molecule has 1 heterocycles. The van der Waals surface area contributed by atoms with Gasteiger partial charge in [-0.15, -0.1) is 0 Å². The number of carbonyl (C=O) groups excluding carboxylic acids is 2. The number of ether oxygens (including phenoxy) is 1. The highest BCUT2D eigenvalue weighted by molar-refractivity contribution is 6.01. The van der Waals surface area contributed by atoms with E-state index in [4.69, 9.17) is 10.5 Å². The second-order valence-electron chi connectivity index (χ2n) is 4.82. The lowest BCUT2D eigenvalue weighted by atomic mass is 10.1. The second-order valence-corrected chi connectivity index (χ2v) is 4.82. The number of hydrogen-bond acceptors (Lipinski definition) is 4. The summed E-state index contributed by atoms with van der Waals surface area (Å²) in [5.74, 6) is 0.540. The molecule has 2 N–H and O–H groups in total. The molecule has 2 rings (SSSR count). The number of benzene rings is 1. The maximum atomic E-state index is 12.1. The Balaban J connectivity index is 2.43. The zero-order valence-electron chi connectivity index (χ0n) is 11.9. The largest absolute Gasteiger partial charge is 0.486 e. The first-order valence-electron chi connectivity index (χ1n) is 6.95. The average molecular weight is 276 g/mol. The number of amides is 1. The van der Waals surface area contributed by atoms with Crippen LogP contribution in [0.3, 0.4) is 0 Å². The third-order valence-corrected chi connectivity index (χ3v) is 3.50. The Labute approximate surface area is 118 Å². The van der Waals surface area contributed by atoms with Crippen LogP contribution in [-0.2, 0) is 4.79 Å². The summed E-state index contributed by atoms with van der Waals surface area (Å²) in [5, 5.41) is 0. The minimum absolute atomic E-state index is 0.00550. The van der Waals surface area contributed by atoms with Gasteiger partial charge in [0.1, 0.15) is 11.9 Å². The van der Waals surface area contributed by atoms with Gasteiger partial charge in [0, 0.05) is 12.0 Å². The normalized spacial score (nSPS) is 17.4. The molecular formula is C15H20N2O3. The van der Waals surface area contributed by atoms with E-state index < -0.39 is 0 Å². The Morgan fingerprint density at radius 3 is 2.75 bits per heavy atom. The zero-order valence-corrected chi connectivity index (χ0v) is 11.9. The molecule has 1 aliphatic rings. The fourth-order valence-corrected chi connectivity index (χ4v) is 2.28. The summed E-state index contributed by atoms with van der Waals surface area (Å²) in [4.78, 5) is 25.5. The summed E-state index contributed by atoms with van der Waals surface area (Å²) in [6, 6.07) is 5.14. The molecule has 1 amide bonds. The van der Waals surface area contributed by atoms with Crippen LogP contribution in [-0.4, -0.2) is 30.9 Å². The quantitative estimate of drug-likeness (QED) is 0.850. The first-order chi connectivity index (χ1) is 9.60. The van der Waals surface area contributed by atoms with Gasteiger partial charge in [0.25, 0.3) is 0 Å². The van der Waals surface area contributed by atoms with Crippen LogP contribution in [0, 0.1) is 0 Å². The van der Waals surface area contributed by atoms with E-state index in [0.29, 0.717) is 30.0 Å². The summed E-state index contributed by atoms with van der Waals surface area (Å²) < 4.78 is 5.84. The van der Waals surface area contributed by atoms with Crippen molar-refractivity contribution in [1.29, 1.82) is 0 Å². The average Bonchev–Trinajstić information content (AvgIpc) is 2.51. The van der Waals surface area contributed by atoms with E-state index in [1.807, 2.05) is 13.8 Å². The van der Waals surface area contributed by atoms with Gasteiger partial charge >= 0.3 is 0 Å². The predicted octanol–water partition coefficient (Wildman–Crippen LogP) is 1.74. The summed E-state index contributed by atoms with van der Waals surface area (Å²) in [5.41, 5.74) is 6.56. The Hall–Kier alpha value is -1.88. The molecule has 0 saturated heterocycles. The molecule has 108 valence electrons. The minimum atomic E-state index is -0.144. The first kappa shape index (κ1) is 14.5. The van der Waals surface area contributed by atoms with Gasteiger partial charge in [0.2, 0.25) is 5.91 Å². The number of fused-ring (bicyclic) bond motifs is 1. The molecule has 5 nitrogen and oxygen atoms in total. The standard InChI is InChI=1S/C15H20N2O3/c1-3-11-9-17(15(19)4-2)12-7-10(13(18)8-16)5-6-14(12)20-11/h5-7,11H,3-4,8-9,16H2,1-2H3. The molecule has 1 aromatic carbocycles. The van der Waals surface area contributed by atoms with Crippen LogP contribution in [0.1, 0.15) is 37.0 Å². The minimum Gasteiger partial charge on any atom is -0.486 e. The van der Waals surface area contributed by atoms with Crippen molar-refractivity contribution in [3.05, 3.63) is 23.8 Å². The Morgan fingerprint density at radius 2 is 2.15 bits per heavy atom. The topological polar surface area (TPSA) is 72.6 Å². The van der Waals surface area contributed by atoms with Crippen LogP contribution in [0.2, 0.25) is 0 Å². The van der Waals surface area contributed by atoms with Gasteiger partial charge in [0.15, 0.2) is 5.78 Å². The van der Waals surface area contributed by atoms with E-state index in [1.54, 1.807) is 23.1 Å². The van der Waals surface area contributed by atoms with Crippen LogP contribution in [0.25, 0.3) is 0 Å². The van der Waals surface area contributed by atoms with Crippen molar-refractivity contribution in [2.24, 2.45) is 5.73 Å². The van der Waals surface area contributed by atoms with Crippen LogP contribution >= 0.6 is 0 Å². The van der Waals surface area contributed by atoms with Crippen LogP contribution < -0.4 is 15.4 Å². The number of nitrogens with two attached hydrogens (primary N) is 1. The van der Waals surface area contributed by atoms with Crippen molar-refractivity contribution in [1.82, 2.24) is 0 Å². The van der Waals surface area contributed by atoms with Crippen LogP contribution in [0.5, 0.6) is 5.75 Å².